The Bertz CT molecular complexity index is 597. The first-order chi connectivity index (χ1) is 9.63. The van der Waals surface area contributed by atoms with Crippen molar-refractivity contribution in [2.24, 2.45) is 5.92 Å². The average Bonchev–Trinajstić information content (AvgIpc) is 2.87. The van der Waals surface area contributed by atoms with Crippen molar-refractivity contribution in [2.75, 3.05) is 6.61 Å². The summed E-state index contributed by atoms with van der Waals surface area (Å²) in [5.74, 6) is -0.280. The van der Waals surface area contributed by atoms with E-state index < -0.39 is 11.9 Å². The Morgan fingerprint density at radius 2 is 2.20 bits per heavy atom. The molecule has 0 aliphatic heterocycles. The molecule has 0 radical (unpaired) electrons. The third-order valence-electron chi connectivity index (χ3n) is 2.83. The van der Waals surface area contributed by atoms with Gasteiger partial charge >= 0.3 is 5.97 Å². The summed E-state index contributed by atoms with van der Waals surface area (Å²) in [6.07, 6.45) is 0. The largest absolute Gasteiger partial charge is 0.493 e. The predicted molar refractivity (Wildman–Crippen MR) is 71.2 cm³/mol. The zero-order valence-corrected chi connectivity index (χ0v) is 11.4. The minimum Gasteiger partial charge on any atom is -0.493 e. The third-order valence-corrected chi connectivity index (χ3v) is 2.83. The van der Waals surface area contributed by atoms with Gasteiger partial charge in [0.1, 0.15) is 5.75 Å². The van der Waals surface area contributed by atoms with Crippen LogP contribution in [-0.2, 0) is 11.3 Å². The van der Waals surface area contributed by atoms with Crippen molar-refractivity contribution in [3.05, 3.63) is 24.3 Å². The molecule has 0 fully saturated rings. The lowest BCUT2D eigenvalue weighted by Crippen LogP contribution is -2.18. The lowest BCUT2D eigenvalue weighted by Gasteiger charge is -2.11. The average molecular weight is 276 g/mol. The molecule has 0 saturated carbocycles. The van der Waals surface area contributed by atoms with Crippen molar-refractivity contribution < 1.29 is 14.6 Å². The van der Waals surface area contributed by atoms with E-state index in [0.29, 0.717) is 18.2 Å². The maximum absolute atomic E-state index is 10.9. The molecule has 1 heterocycles. The first kappa shape index (κ1) is 14.0. The van der Waals surface area contributed by atoms with Crippen molar-refractivity contribution in [3.8, 4) is 17.1 Å². The highest BCUT2D eigenvalue weighted by atomic mass is 16.5. The molecule has 1 atom stereocenters. The number of tetrazole rings is 1. The van der Waals surface area contributed by atoms with Gasteiger partial charge in [-0.05, 0) is 29.5 Å². The van der Waals surface area contributed by atoms with E-state index in [4.69, 9.17) is 9.84 Å². The topological polar surface area (TPSA) is 90.1 Å². The van der Waals surface area contributed by atoms with Crippen LogP contribution in [0.5, 0.6) is 5.75 Å². The molecule has 0 amide bonds. The SMILES string of the molecule is CCOc1ccccc1-c1nnnn1CC(C)C(=O)O. The van der Waals surface area contributed by atoms with Gasteiger partial charge in [-0.1, -0.05) is 19.1 Å². The smallest absolute Gasteiger partial charge is 0.308 e. The number of ether oxygens (including phenoxy) is 1. The molecule has 7 nitrogen and oxygen atoms in total. The minimum absolute atomic E-state index is 0.206. The number of nitrogens with zero attached hydrogens (tertiary/aromatic N) is 4. The van der Waals surface area contributed by atoms with E-state index in [1.807, 2.05) is 31.2 Å². The zero-order chi connectivity index (χ0) is 14.5. The summed E-state index contributed by atoms with van der Waals surface area (Å²) in [4.78, 5) is 10.9. The number of hydrogen-bond donors (Lipinski definition) is 1. The number of aromatic nitrogens is 4. The molecule has 1 N–H and O–H groups in total. The molecule has 1 unspecified atom stereocenters. The molecule has 1 aromatic carbocycles. The number of benzene rings is 1. The molecule has 2 rings (SSSR count). The fourth-order valence-corrected chi connectivity index (χ4v) is 1.79. The molecule has 0 aliphatic rings. The van der Waals surface area contributed by atoms with Gasteiger partial charge in [-0.15, -0.1) is 5.10 Å². The van der Waals surface area contributed by atoms with Crippen LogP contribution in [0.25, 0.3) is 11.4 Å². The summed E-state index contributed by atoms with van der Waals surface area (Å²) in [6.45, 7) is 4.25. The predicted octanol–water partition coefficient (Wildman–Crippen LogP) is 1.46. The van der Waals surface area contributed by atoms with Crippen LogP contribution in [-0.4, -0.2) is 37.9 Å². The Morgan fingerprint density at radius 1 is 1.45 bits per heavy atom. The monoisotopic (exact) mass is 276 g/mol. The normalized spacial score (nSPS) is 12.1. The molecular formula is C13H16N4O3. The molecule has 0 aliphatic carbocycles. The lowest BCUT2D eigenvalue weighted by atomic mass is 10.1. The number of carboxylic acids is 1. The summed E-state index contributed by atoms with van der Waals surface area (Å²) in [7, 11) is 0. The molecule has 0 saturated heterocycles. The first-order valence-electron chi connectivity index (χ1n) is 6.34. The van der Waals surface area contributed by atoms with E-state index >= 15 is 0 Å². The second kappa shape index (κ2) is 6.14. The van der Waals surface area contributed by atoms with Crippen molar-refractivity contribution in [3.63, 3.8) is 0 Å². The third kappa shape index (κ3) is 2.93. The standard InChI is InChI=1S/C13H16N4O3/c1-3-20-11-7-5-4-6-10(11)12-14-15-16-17(12)8-9(2)13(18)19/h4-7,9H,3,8H2,1-2H3,(H,18,19). The fraction of sp³-hybridized carbons (Fsp3) is 0.385. The van der Waals surface area contributed by atoms with Crippen LogP contribution in [0, 0.1) is 5.92 Å². The van der Waals surface area contributed by atoms with E-state index in [1.165, 1.54) is 4.68 Å². The van der Waals surface area contributed by atoms with E-state index in [1.54, 1.807) is 6.92 Å². The van der Waals surface area contributed by atoms with Crippen molar-refractivity contribution >= 4 is 5.97 Å². The molecular weight excluding hydrogens is 260 g/mol. The number of rotatable bonds is 6. The van der Waals surface area contributed by atoms with Gasteiger partial charge in [-0.25, -0.2) is 4.68 Å². The van der Waals surface area contributed by atoms with Crippen LogP contribution in [0.2, 0.25) is 0 Å². The molecule has 2 aromatic rings. The van der Waals surface area contributed by atoms with Crippen molar-refractivity contribution in [1.29, 1.82) is 0 Å². The first-order valence-corrected chi connectivity index (χ1v) is 6.34. The highest BCUT2D eigenvalue weighted by molar-refractivity contribution is 5.69. The lowest BCUT2D eigenvalue weighted by molar-refractivity contribution is -0.141. The van der Waals surface area contributed by atoms with Crippen LogP contribution in [0.1, 0.15) is 13.8 Å². The molecule has 1 aromatic heterocycles. The maximum Gasteiger partial charge on any atom is 0.308 e. The molecule has 0 spiro atoms. The van der Waals surface area contributed by atoms with Gasteiger partial charge in [-0.3, -0.25) is 4.79 Å². The Hall–Kier alpha value is -2.44. The second-order valence-electron chi connectivity index (χ2n) is 4.35. The number of carbonyl (C=O) groups is 1. The Balaban J connectivity index is 2.34. The summed E-state index contributed by atoms with van der Waals surface area (Å²) in [5, 5.41) is 20.4. The summed E-state index contributed by atoms with van der Waals surface area (Å²) in [5.41, 5.74) is 0.747. The molecule has 7 heteroatoms. The number of para-hydroxylation sites is 1. The zero-order valence-electron chi connectivity index (χ0n) is 11.4. The highest BCUT2D eigenvalue weighted by Gasteiger charge is 2.18. The van der Waals surface area contributed by atoms with E-state index in [-0.39, 0.29) is 6.54 Å². The number of hydrogen-bond acceptors (Lipinski definition) is 5. The Kier molecular flexibility index (Phi) is 4.29. The Morgan fingerprint density at radius 3 is 2.90 bits per heavy atom. The minimum atomic E-state index is -0.885. The van der Waals surface area contributed by atoms with Crippen LogP contribution in [0.15, 0.2) is 24.3 Å². The molecule has 0 bridgehead atoms. The van der Waals surface area contributed by atoms with Gasteiger partial charge in [-0.2, -0.15) is 0 Å². The van der Waals surface area contributed by atoms with Crippen LogP contribution in [0.4, 0.5) is 0 Å². The van der Waals surface area contributed by atoms with Gasteiger partial charge in [0, 0.05) is 0 Å². The van der Waals surface area contributed by atoms with Crippen LogP contribution < -0.4 is 4.74 Å². The van der Waals surface area contributed by atoms with E-state index in [2.05, 4.69) is 15.5 Å². The van der Waals surface area contributed by atoms with Gasteiger partial charge in [0.2, 0.25) is 0 Å². The van der Waals surface area contributed by atoms with E-state index in [0.717, 1.165) is 5.56 Å². The highest BCUT2D eigenvalue weighted by Crippen LogP contribution is 2.28. The van der Waals surface area contributed by atoms with Gasteiger partial charge in [0.15, 0.2) is 5.82 Å². The molecule has 106 valence electrons. The van der Waals surface area contributed by atoms with Crippen LogP contribution >= 0.6 is 0 Å². The number of aliphatic carboxylic acids is 1. The van der Waals surface area contributed by atoms with E-state index in [9.17, 15) is 4.79 Å². The van der Waals surface area contributed by atoms with Crippen molar-refractivity contribution in [2.45, 2.75) is 20.4 Å². The quantitative estimate of drug-likeness (QED) is 0.859. The van der Waals surface area contributed by atoms with Crippen LogP contribution in [0.3, 0.4) is 0 Å². The van der Waals surface area contributed by atoms with Gasteiger partial charge in [0.25, 0.3) is 0 Å². The van der Waals surface area contributed by atoms with Gasteiger partial charge in [0.05, 0.1) is 24.6 Å². The summed E-state index contributed by atoms with van der Waals surface area (Å²) in [6, 6.07) is 7.40. The summed E-state index contributed by atoms with van der Waals surface area (Å²) < 4.78 is 7.03. The molecule has 20 heavy (non-hydrogen) atoms. The van der Waals surface area contributed by atoms with Crippen molar-refractivity contribution in [1.82, 2.24) is 20.2 Å². The van der Waals surface area contributed by atoms with Gasteiger partial charge < -0.3 is 9.84 Å². The maximum atomic E-state index is 10.9. The fourth-order valence-electron chi connectivity index (χ4n) is 1.79. The summed E-state index contributed by atoms with van der Waals surface area (Å²) >= 11 is 0. The number of carboxylic acid groups (broad SMARTS) is 1. The Labute approximate surface area is 116 Å². The second-order valence-corrected chi connectivity index (χ2v) is 4.35.